The van der Waals surface area contributed by atoms with Crippen molar-refractivity contribution in [2.75, 3.05) is 10.2 Å². The van der Waals surface area contributed by atoms with Crippen molar-refractivity contribution < 1.29 is 4.57 Å². The van der Waals surface area contributed by atoms with Gasteiger partial charge in [-0.05, 0) is 62.1 Å². The van der Waals surface area contributed by atoms with Gasteiger partial charge < -0.3 is 0 Å². The molecule has 1 atom stereocenters. The molecule has 1 aliphatic heterocycles. The Hall–Kier alpha value is -0.860. The highest BCUT2D eigenvalue weighted by Crippen LogP contribution is 2.39. The molecule has 0 N–H and O–H groups in total. The van der Waals surface area contributed by atoms with E-state index in [4.69, 9.17) is 0 Å². The van der Waals surface area contributed by atoms with Crippen LogP contribution in [0.5, 0.6) is 0 Å². The Morgan fingerprint density at radius 1 is 1.23 bits per heavy atom. The van der Waals surface area contributed by atoms with Crippen molar-refractivity contribution in [2.24, 2.45) is 0 Å². The number of fused-ring (bicyclic) bond motifs is 5. The number of halogens is 1. The molecule has 0 saturated heterocycles. The van der Waals surface area contributed by atoms with Crippen LogP contribution in [0.15, 0.2) is 40.3 Å². The SMILES string of the molecule is C[C@]1(CI)CSc2n(-c3ccccc3)c(=O)c3c4c(sc3[n+]21)CCCC4. The van der Waals surface area contributed by atoms with E-state index in [1.165, 1.54) is 28.1 Å². The largest absolute Gasteiger partial charge is 0.352 e. The van der Waals surface area contributed by atoms with Gasteiger partial charge in [0.05, 0.1) is 0 Å². The molecule has 2 aliphatic rings. The minimum atomic E-state index is 0.0521. The summed E-state index contributed by atoms with van der Waals surface area (Å²) in [5, 5.41) is 2.07. The molecule has 0 radical (unpaired) electrons. The van der Waals surface area contributed by atoms with E-state index >= 15 is 0 Å². The molecule has 6 heteroatoms. The number of hydrogen-bond acceptors (Lipinski definition) is 3. The highest BCUT2D eigenvalue weighted by molar-refractivity contribution is 14.1. The smallest absolute Gasteiger partial charge is 0.240 e. The number of thioether (sulfide) groups is 1. The number of para-hydroxylation sites is 1. The highest BCUT2D eigenvalue weighted by atomic mass is 127. The molecule has 1 aliphatic carbocycles. The molecule has 2 aromatic heterocycles. The van der Waals surface area contributed by atoms with Crippen LogP contribution in [0.4, 0.5) is 0 Å². The second-order valence-electron chi connectivity index (χ2n) is 7.40. The zero-order chi connectivity index (χ0) is 17.9. The molecule has 3 aromatic rings. The molecule has 0 unspecified atom stereocenters. The van der Waals surface area contributed by atoms with Gasteiger partial charge in [0, 0.05) is 15.1 Å². The van der Waals surface area contributed by atoms with Crippen LogP contribution in [0, 0.1) is 0 Å². The predicted molar refractivity (Wildman–Crippen MR) is 118 cm³/mol. The van der Waals surface area contributed by atoms with Crippen LogP contribution in [0.2, 0.25) is 0 Å². The van der Waals surface area contributed by atoms with Crippen LogP contribution in [0.3, 0.4) is 0 Å². The number of aryl methyl sites for hydroxylation is 2. The Morgan fingerprint density at radius 3 is 2.77 bits per heavy atom. The summed E-state index contributed by atoms with van der Waals surface area (Å²) in [6.45, 7) is 2.33. The first-order chi connectivity index (χ1) is 12.6. The number of alkyl halides is 1. The van der Waals surface area contributed by atoms with Crippen molar-refractivity contribution in [3.05, 3.63) is 51.1 Å². The lowest BCUT2D eigenvalue weighted by Gasteiger charge is -2.19. The van der Waals surface area contributed by atoms with Gasteiger partial charge in [-0.15, -0.1) is 0 Å². The Kier molecular flexibility index (Phi) is 4.21. The van der Waals surface area contributed by atoms with Gasteiger partial charge in [0.15, 0.2) is 4.83 Å². The van der Waals surface area contributed by atoms with Crippen molar-refractivity contribution in [3.8, 4) is 5.69 Å². The Bertz CT molecular complexity index is 1070. The second-order valence-corrected chi connectivity index (χ2v) is 10.2. The second kappa shape index (κ2) is 6.34. The summed E-state index contributed by atoms with van der Waals surface area (Å²) >= 11 is 6.20. The van der Waals surface area contributed by atoms with Crippen molar-refractivity contribution in [3.63, 3.8) is 0 Å². The van der Waals surface area contributed by atoms with Crippen LogP contribution in [0.1, 0.15) is 30.2 Å². The van der Waals surface area contributed by atoms with Crippen LogP contribution < -0.4 is 10.1 Å². The zero-order valence-corrected chi connectivity index (χ0v) is 18.4. The van der Waals surface area contributed by atoms with Gasteiger partial charge in [-0.3, -0.25) is 0 Å². The topological polar surface area (TPSA) is 25.9 Å². The number of hydrogen-bond donors (Lipinski definition) is 0. The normalized spacial score (nSPS) is 21.8. The van der Waals surface area contributed by atoms with Crippen LogP contribution in [-0.2, 0) is 18.4 Å². The predicted octanol–water partition coefficient (Wildman–Crippen LogP) is 4.47. The summed E-state index contributed by atoms with van der Waals surface area (Å²) in [6.07, 6.45) is 4.62. The molecule has 0 bridgehead atoms. The maximum absolute atomic E-state index is 13.7. The third kappa shape index (κ3) is 2.37. The Morgan fingerprint density at radius 2 is 2.00 bits per heavy atom. The van der Waals surface area contributed by atoms with E-state index in [1.807, 2.05) is 58.0 Å². The van der Waals surface area contributed by atoms with E-state index in [9.17, 15) is 4.79 Å². The highest BCUT2D eigenvalue weighted by Gasteiger charge is 2.46. The van der Waals surface area contributed by atoms with Crippen LogP contribution in [0.25, 0.3) is 15.9 Å². The van der Waals surface area contributed by atoms with Gasteiger partial charge >= 0.3 is 10.7 Å². The van der Waals surface area contributed by atoms with Gasteiger partial charge in [0.1, 0.15) is 16.6 Å². The van der Waals surface area contributed by atoms with Crippen molar-refractivity contribution in [1.82, 2.24) is 4.57 Å². The fraction of sp³-hybridized carbons (Fsp3) is 0.400. The van der Waals surface area contributed by atoms with Gasteiger partial charge in [0.2, 0.25) is 0 Å². The molecule has 3 nitrogen and oxygen atoms in total. The number of benzene rings is 1. The molecular weight excluding hydrogens is 475 g/mol. The van der Waals surface area contributed by atoms with Gasteiger partial charge in [-0.1, -0.05) is 52.1 Å². The monoisotopic (exact) mass is 495 g/mol. The summed E-state index contributed by atoms with van der Waals surface area (Å²) in [5.41, 5.74) is 2.52. The minimum absolute atomic E-state index is 0.0521. The number of thiophene rings is 1. The molecule has 0 amide bonds. The summed E-state index contributed by atoms with van der Waals surface area (Å²) in [6, 6.07) is 10.1. The lowest BCUT2D eigenvalue weighted by atomic mass is 9.97. The van der Waals surface area contributed by atoms with Crippen molar-refractivity contribution in [1.29, 1.82) is 0 Å². The van der Waals surface area contributed by atoms with E-state index in [-0.39, 0.29) is 11.1 Å². The lowest BCUT2D eigenvalue weighted by molar-refractivity contribution is -0.757. The molecule has 26 heavy (non-hydrogen) atoms. The van der Waals surface area contributed by atoms with Crippen LogP contribution >= 0.6 is 45.7 Å². The fourth-order valence-corrected chi connectivity index (χ4v) is 8.09. The summed E-state index contributed by atoms with van der Waals surface area (Å²) in [5.74, 6) is 1.02. The fourth-order valence-electron chi connectivity index (χ4n) is 4.11. The summed E-state index contributed by atoms with van der Waals surface area (Å²) < 4.78 is 5.49. The quantitative estimate of drug-likeness (QED) is 0.227. The Balaban J connectivity index is 1.95. The van der Waals surface area contributed by atoms with Crippen molar-refractivity contribution >= 4 is 55.9 Å². The molecule has 1 aromatic carbocycles. The first-order valence-corrected chi connectivity index (χ1v) is 12.4. The lowest BCUT2D eigenvalue weighted by Crippen LogP contribution is -2.57. The van der Waals surface area contributed by atoms with E-state index in [2.05, 4.69) is 34.1 Å². The zero-order valence-electron chi connectivity index (χ0n) is 14.6. The minimum Gasteiger partial charge on any atom is -0.240 e. The third-order valence-electron chi connectivity index (χ3n) is 5.51. The summed E-state index contributed by atoms with van der Waals surface area (Å²) in [7, 11) is 0. The van der Waals surface area contributed by atoms with E-state index in [0.717, 1.165) is 39.3 Å². The Labute approximate surface area is 174 Å². The maximum Gasteiger partial charge on any atom is 0.352 e. The number of rotatable bonds is 2. The van der Waals surface area contributed by atoms with E-state index in [0.29, 0.717) is 0 Å². The molecular formula is C20H20IN2OS2+. The molecule has 5 rings (SSSR count). The van der Waals surface area contributed by atoms with E-state index < -0.39 is 0 Å². The maximum atomic E-state index is 13.7. The first kappa shape index (κ1) is 17.3. The standard InChI is InChI=1S/C20H20IN2OS2/c1-20(11-21)12-25-19-22(13-7-3-2-4-8-13)17(24)16-14-9-5-6-10-15(14)26-18(16)23(19)20/h2-4,7-8H,5-6,9-12H2,1H3/q+1/t20-/m0/s1. The van der Waals surface area contributed by atoms with Gasteiger partial charge in [-0.25, -0.2) is 9.36 Å². The summed E-state index contributed by atoms with van der Waals surface area (Å²) in [4.78, 5) is 16.3. The molecule has 0 fully saturated rings. The molecule has 0 spiro atoms. The average molecular weight is 495 g/mol. The third-order valence-corrected chi connectivity index (χ3v) is 9.82. The van der Waals surface area contributed by atoms with Gasteiger partial charge in [0.25, 0.3) is 0 Å². The van der Waals surface area contributed by atoms with Gasteiger partial charge in [-0.2, -0.15) is 4.57 Å². The first-order valence-electron chi connectivity index (χ1n) is 9.04. The average Bonchev–Trinajstić information content (AvgIpc) is 3.22. The number of nitrogens with zero attached hydrogens (tertiary/aromatic N) is 2. The molecule has 134 valence electrons. The van der Waals surface area contributed by atoms with Crippen molar-refractivity contribution in [2.45, 2.75) is 43.3 Å². The number of aromatic nitrogens is 2. The van der Waals surface area contributed by atoms with Crippen LogP contribution in [-0.4, -0.2) is 14.7 Å². The molecule has 0 saturated carbocycles. The van der Waals surface area contributed by atoms with E-state index in [1.54, 1.807) is 0 Å². The molecule has 3 heterocycles.